The van der Waals surface area contributed by atoms with E-state index in [-0.39, 0.29) is 0 Å². The lowest BCUT2D eigenvalue weighted by atomic mass is 10.00. The van der Waals surface area contributed by atoms with Gasteiger partial charge >= 0.3 is 0 Å². The number of para-hydroxylation sites is 2. The third-order valence-electron chi connectivity index (χ3n) is 10.6. The zero-order chi connectivity index (χ0) is 34.9. The number of hydrogen-bond acceptors (Lipinski definition) is 3. The molecule has 0 fully saturated rings. The van der Waals surface area contributed by atoms with E-state index in [0.29, 0.717) is 0 Å². The van der Waals surface area contributed by atoms with Crippen LogP contribution in [0.2, 0.25) is 0 Å². The van der Waals surface area contributed by atoms with Crippen molar-refractivity contribution < 1.29 is 8.83 Å². The van der Waals surface area contributed by atoms with Gasteiger partial charge in [0, 0.05) is 43.6 Å². The fourth-order valence-electron chi connectivity index (χ4n) is 8.12. The highest BCUT2D eigenvalue weighted by Gasteiger charge is 2.24. The molecule has 0 saturated heterocycles. The summed E-state index contributed by atoms with van der Waals surface area (Å²) in [5, 5.41) is 8.85. The Kier molecular flexibility index (Phi) is 6.55. The highest BCUT2D eigenvalue weighted by molar-refractivity contribution is 6.22. The Labute approximate surface area is 305 Å². The number of anilines is 3. The first-order valence-electron chi connectivity index (χ1n) is 18.0. The second kappa shape index (κ2) is 11.7. The molecule has 0 spiro atoms. The summed E-state index contributed by atoms with van der Waals surface area (Å²) in [6.07, 6.45) is 0. The first kappa shape index (κ1) is 29.6. The third kappa shape index (κ3) is 4.68. The van der Waals surface area contributed by atoms with Gasteiger partial charge in [0.05, 0.1) is 11.4 Å². The fraction of sp³-hybridized carbons (Fsp3) is 0. The maximum atomic E-state index is 7.03. The van der Waals surface area contributed by atoms with Crippen molar-refractivity contribution in [3.8, 4) is 22.3 Å². The Morgan fingerprint density at radius 3 is 1.68 bits per heavy atom. The van der Waals surface area contributed by atoms with E-state index >= 15 is 0 Å². The summed E-state index contributed by atoms with van der Waals surface area (Å²) in [5.41, 5.74) is 11.1. The smallest absolute Gasteiger partial charge is 0.159 e. The number of rotatable bonds is 5. The average Bonchev–Trinajstić information content (AvgIpc) is 3.79. The van der Waals surface area contributed by atoms with Crippen LogP contribution in [0, 0.1) is 0 Å². The predicted molar refractivity (Wildman–Crippen MR) is 222 cm³/mol. The first-order chi connectivity index (χ1) is 26.3. The van der Waals surface area contributed by atoms with Crippen molar-refractivity contribution in [1.29, 1.82) is 0 Å². The number of nitrogens with zero attached hydrogens (tertiary/aromatic N) is 1. The van der Waals surface area contributed by atoms with Crippen LogP contribution in [0.1, 0.15) is 0 Å². The van der Waals surface area contributed by atoms with Crippen LogP contribution in [0.5, 0.6) is 0 Å². The molecule has 0 saturated carbocycles. The van der Waals surface area contributed by atoms with Crippen LogP contribution in [-0.2, 0) is 0 Å². The monoisotopic (exact) mass is 677 g/mol. The zero-order valence-corrected chi connectivity index (χ0v) is 28.7. The molecule has 11 aromatic rings. The number of benzene rings is 9. The van der Waals surface area contributed by atoms with Gasteiger partial charge in [0.15, 0.2) is 5.58 Å². The minimum Gasteiger partial charge on any atom is -0.455 e. The summed E-state index contributed by atoms with van der Waals surface area (Å²) in [5.74, 6) is 0. The van der Waals surface area contributed by atoms with Gasteiger partial charge in [0.25, 0.3) is 0 Å². The van der Waals surface area contributed by atoms with Crippen LogP contribution in [0.4, 0.5) is 17.1 Å². The van der Waals surface area contributed by atoms with Crippen molar-refractivity contribution in [2.24, 2.45) is 0 Å². The van der Waals surface area contributed by atoms with Crippen LogP contribution in [0.15, 0.2) is 197 Å². The molecule has 0 amide bonds. The van der Waals surface area contributed by atoms with Crippen LogP contribution in [0.3, 0.4) is 0 Å². The summed E-state index contributed by atoms with van der Waals surface area (Å²) in [7, 11) is 0. The van der Waals surface area contributed by atoms with E-state index in [9.17, 15) is 0 Å². The SMILES string of the molecule is c1ccc(-c2ccc(N(c3cc4c5cc6ccccc6cc5oc4c4ccccc34)c3cccc4c3oc3c(-c5ccccc5)cccc34)cc2)cc1. The van der Waals surface area contributed by atoms with Crippen molar-refractivity contribution in [2.45, 2.75) is 0 Å². The van der Waals surface area contributed by atoms with Gasteiger partial charge in [-0.25, -0.2) is 0 Å². The molecule has 0 N–H and O–H groups in total. The number of fused-ring (bicyclic) bond motifs is 9. The van der Waals surface area contributed by atoms with E-state index in [4.69, 9.17) is 8.83 Å². The minimum absolute atomic E-state index is 0.838. The van der Waals surface area contributed by atoms with Crippen LogP contribution in [-0.4, -0.2) is 0 Å². The van der Waals surface area contributed by atoms with Crippen molar-refractivity contribution in [3.05, 3.63) is 188 Å². The second-order valence-electron chi connectivity index (χ2n) is 13.7. The molecule has 3 nitrogen and oxygen atoms in total. The highest BCUT2D eigenvalue weighted by Crippen LogP contribution is 2.48. The molecule has 0 unspecified atom stereocenters. The molecule has 248 valence electrons. The quantitative estimate of drug-likeness (QED) is 0.182. The standard InChI is InChI=1S/C50H31NO2/c1-3-13-32(14-4-1)33-25-27-37(28-26-33)51(45-24-12-23-42-41-22-11-21-38(48(41)53-50(42)45)34-15-5-2-6-16-34)46-31-44-43-29-35-17-7-8-18-36(35)30-47(43)52-49(44)40-20-10-9-19-39(40)46/h1-31H. The summed E-state index contributed by atoms with van der Waals surface area (Å²) >= 11 is 0. The second-order valence-corrected chi connectivity index (χ2v) is 13.7. The lowest BCUT2D eigenvalue weighted by Crippen LogP contribution is -2.11. The molecule has 0 bridgehead atoms. The minimum atomic E-state index is 0.838. The molecule has 9 aromatic carbocycles. The molecule has 0 aliphatic carbocycles. The van der Waals surface area contributed by atoms with Gasteiger partial charge in [-0.15, -0.1) is 0 Å². The van der Waals surface area contributed by atoms with Crippen LogP contribution < -0.4 is 4.90 Å². The van der Waals surface area contributed by atoms with E-state index in [2.05, 4.69) is 187 Å². The highest BCUT2D eigenvalue weighted by atomic mass is 16.3. The van der Waals surface area contributed by atoms with Crippen LogP contribution >= 0.6 is 0 Å². The normalized spacial score (nSPS) is 11.8. The molecule has 11 rings (SSSR count). The molecule has 0 aliphatic heterocycles. The molecule has 53 heavy (non-hydrogen) atoms. The van der Waals surface area contributed by atoms with Gasteiger partial charge in [0.2, 0.25) is 0 Å². The van der Waals surface area contributed by atoms with Crippen molar-refractivity contribution in [2.75, 3.05) is 4.90 Å². The van der Waals surface area contributed by atoms with E-state index < -0.39 is 0 Å². The van der Waals surface area contributed by atoms with Gasteiger partial charge in [-0.05, 0) is 63.9 Å². The van der Waals surface area contributed by atoms with Gasteiger partial charge in [-0.1, -0.05) is 152 Å². The van der Waals surface area contributed by atoms with Crippen molar-refractivity contribution in [1.82, 2.24) is 0 Å². The molecule has 2 aromatic heterocycles. The molecule has 0 aliphatic rings. The van der Waals surface area contributed by atoms with Gasteiger partial charge in [-0.2, -0.15) is 0 Å². The van der Waals surface area contributed by atoms with E-state index in [1.807, 2.05) is 6.07 Å². The topological polar surface area (TPSA) is 29.5 Å². The maximum absolute atomic E-state index is 7.03. The summed E-state index contributed by atoms with van der Waals surface area (Å²) in [6, 6.07) is 66.6. The largest absolute Gasteiger partial charge is 0.455 e. The summed E-state index contributed by atoms with van der Waals surface area (Å²) < 4.78 is 13.7. The first-order valence-corrected chi connectivity index (χ1v) is 18.0. The number of furan rings is 2. The lowest BCUT2D eigenvalue weighted by molar-refractivity contribution is 0.670. The van der Waals surface area contributed by atoms with Crippen LogP contribution in [0.25, 0.3) is 87.7 Å². The zero-order valence-electron chi connectivity index (χ0n) is 28.7. The van der Waals surface area contributed by atoms with E-state index in [1.165, 1.54) is 10.9 Å². The van der Waals surface area contributed by atoms with Gasteiger partial charge in [0.1, 0.15) is 16.7 Å². The molecule has 2 heterocycles. The van der Waals surface area contributed by atoms with Gasteiger partial charge in [-0.3, -0.25) is 0 Å². The van der Waals surface area contributed by atoms with Gasteiger partial charge < -0.3 is 13.7 Å². The molecular formula is C50H31NO2. The molecule has 3 heteroatoms. The third-order valence-corrected chi connectivity index (χ3v) is 10.6. The molecular weight excluding hydrogens is 647 g/mol. The Bertz CT molecular complexity index is 3160. The summed E-state index contributed by atoms with van der Waals surface area (Å²) in [6.45, 7) is 0. The van der Waals surface area contributed by atoms with Crippen molar-refractivity contribution in [3.63, 3.8) is 0 Å². The van der Waals surface area contributed by atoms with E-state index in [1.54, 1.807) is 0 Å². The predicted octanol–water partition coefficient (Wildman–Crippen LogP) is 14.6. The fourth-order valence-corrected chi connectivity index (χ4v) is 8.12. The molecule has 0 atom stereocenters. The lowest BCUT2D eigenvalue weighted by Gasteiger charge is -2.27. The summed E-state index contributed by atoms with van der Waals surface area (Å²) in [4.78, 5) is 2.36. The Balaban J connectivity index is 1.22. The maximum Gasteiger partial charge on any atom is 0.159 e. The Morgan fingerprint density at radius 2 is 0.906 bits per heavy atom. The van der Waals surface area contributed by atoms with Crippen molar-refractivity contribution >= 4 is 82.5 Å². The average molecular weight is 678 g/mol. The Hall–Kier alpha value is -7.10. The Morgan fingerprint density at radius 1 is 0.321 bits per heavy atom. The van der Waals surface area contributed by atoms with E-state index in [0.717, 1.165) is 93.8 Å². The molecule has 0 radical (unpaired) electrons. The number of hydrogen-bond donors (Lipinski definition) is 0.